The molecular weight excluding hydrogens is 410 g/mol. The molecule has 11 heteroatoms. The molecule has 0 radical (unpaired) electrons. The molecule has 0 spiro atoms. The van der Waals surface area contributed by atoms with Crippen molar-refractivity contribution < 1.29 is 26.3 Å². The minimum atomic E-state index is -4.65. The van der Waals surface area contributed by atoms with E-state index in [4.69, 9.17) is 11.6 Å². The van der Waals surface area contributed by atoms with Crippen LogP contribution in [0, 0.1) is 17.5 Å². The Balaban J connectivity index is 2.21. The lowest BCUT2D eigenvalue weighted by atomic mass is 10.1. The molecule has 0 aliphatic rings. The van der Waals surface area contributed by atoms with Crippen molar-refractivity contribution in [1.82, 2.24) is 15.0 Å². The molecule has 0 amide bonds. The molecule has 0 bridgehead atoms. The first kappa shape index (κ1) is 19.9. The molecule has 0 saturated heterocycles. The van der Waals surface area contributed by atoms with Crippen LogP contribution in [0.5, 0.6) is 0 Å². The third-order valence-electron chi connectivity index (χ3n) is 3.50. The maximum absolute atomic E-state index is 14.2. The van der Waals surface area contributed by atoms with Crippen LogP contribution in [0.1, 0.15) is 0 Å². The van der Waals surface area contributed by atoms with Gasteiger partial charge in [-0.2, -0.15) is 13.2 Å². The zero-order valence-corrected chi connectivity index (χ0v) is 14.4. The van der Waals surface area contributed by atoms with E-state index in [2.05, 4.69) is 15.0 Å². The Kier molecular flexibility index (Phi) is 5.41. The van der Waals surface area contributed by atoms with E-state index < -0.39 is 52.3 Å². The molecule has 0 fully saturated rings. The van der Waals surface area contributed by atoms with E-state index in [0.717, 1.165) is 0 Å². The number of pyridine rings is 1. The Morgan fingerprint density at radius 2 is 1.68 bits per heavy atom. The molecule has 4 nitrogen and oxygen atoms in total. The Morgan fingerprint density at radius 1 is 1.00 bits per heavy atom. The van der Waals surface area contributed by atoms with Gasteiger partial charge >= 0.3 is 6.18 Å². The highest BCUT2D eigenvalue weighted by Crippen LogP contribution is 2.38. The van der Waals surface area contributed by atoms with E-state index in [1.807, 2.05) is 5.32 Å². The molecule has 2 heterocycles. The van der Waals surface area contributed by atoms with Gasteiger partial charge in [0.1, 0.15) is 35.0 Å². The summed E-state index contributed by atoms with van der Waals surface area (Å²) in [5, 5.41) is 1.44. The van der Waals surface area contributed by atoms with Gasteiger partial charge in [-0.3, -0.25) is 4.98 Å². The zero-order valence-electron chi connectivity index (χ0n) is 13.7. The SMILES string of the molecule is Fc1cc(F)c(-c2c(Cl)nc(-c3cccnc3)nc2NCC(F)(F)F)c(F)c1. The minimum Gasteiger partial charge on any atom is -0.360 e. The highest BCUT2D eigenvalue weighted by atomic mass is 35.5. The largest absolute Gasteiger partial charge is 0.405 e. The number of benzene rings is 1. The topological polar surface area (TPSA) is 50.7 Å². The quantitative estimate of drug-likeness (QED) is 0.464. The van der Waals surface area contributed by atoms with Crippen LogP contribution < -0.4 is 5.32 Å². The maximum atomic E-state index is 14.2. The summed E-state index contributed by atoms with van der Waals surface area (Å²) >= 11 is 6.03. The fraction of sp³-hybridized carbons (Fsp3) is 0.118. The highest BCUT2D eigenvalue weighted by Gasteiger charge is 2.29. The van der Waals surface area contributed by atoms with Gasteiger partial charge in [-0.05, 0) is 12.1 Å². The van der Waals surface area contributed by atoms with Gasteiger partial charge in [0.25, 0.3) is 0 Å². The number of aromatic nitrogens is 3. The van der Waals surface area contributed by atoms with Crippen molar-refractivity contribution >= 4 is 17.4 Å². The molecule has 0 saturated carbocycles. The predicted molar refractivity (Wildman–Crippen MR) is 90.1 cm³/mol. The van der Waals surface area contributed by atoms with E-state index in [9.17, 15) is 26.3 Å². The number of nitrogens with one attached hydrogen (secondary N) is 1. The average molecular weight is 419 g/mol. The molecule has 0 unspecified atom stereocenters. The minimum absolute atomic E-state index is 0.116. The molecule has 1 N–H and O–H groups in total. The molecule has 1 aromatic carbocycles. The Morgan fingerprint density at radius 3 is 2.25 bits per heavy atom. The van der Waals surface area contributed by atoms with Crippen molar-refractivity contribution in [3.05, 3.63) is 59.3 Å². The molecular formula is C17H9ClF6N4. The molecule has 3 rings (SSSR count). The third-order valence-corrected chi connectivity index (χ3v) is 3.77. The summed E-state index contributed by atoms with van der Waals surface area (Å²) in [5.41, 5.74) is -1.10. The third kappa shape index (κ3) is 4.33. The second kappa shape index (κ2) is 7.63. The number of rotatable bonds is 4. The first-order valence-electron chi connectivity index (χ1n) is 7.59. The molecule has 3 aromatic rings. The van der Waals surface area contributed by atoms with Gasteiger partial charge in [-0.15, -0.1) is 0 Å². The zero-order chi connectivity index (χ0) is 20.5. The lowest BCUT2D eigenvalue weighted by Crippen LogP contribution is -2.22. The predicted octanol–water partition coefficient (Wildman–Crippen LogP) is 5.25. The number of nitrogens with zero attached hydrogens (tertiary/aromatic N) is 3. The van der Waals surface area contributed by atoms with Gasteiger partial charge in [-0.1, -0.05) is 11.6 Å². The second-order valence-corrected chi connectivity index (χ2v) is 5.87. The van der Waals surface area contributed by atoms with E-state index in [0.29, 0.717) is 17.7 Å². The van der Waals surface area contributed by atoms with Crippen molar-refractivity contribution in [3.8, 4) is 22.5 Å². The van der Waals surface area contributed by atoms with Gasteiger partial charge in [0, 0.05) is 30.1 Å². The maximum Gasteiger partial charge on any atom is 0.405 e. The van der Waals surface area contributed by atoms with Crippen molar-refractivity contribution in [2.45, 2.75) is 6.18 Å². The van der Waals surface area contributed by atoms with Crippen LogP contribution in [-0.4, -0.2) is 27.7 Å². The average Bonchev–Trinajstić information content (AvgIpc) is 2.60. The van der Waals surface area contributed by atoms with Crippen LogP contribution in [0.15, 0.2) is 36.7 Å². The molecule has 2 aromatic heterocycles. The molecule has 146 valence electrons. The molecule has 0 aliphatic heterocycles. The van der Waals surface area contributed by atoms with Gasteiger partial charge < -0.3 is 5.32 Å². The van der Waals surface area contributed by atoms with Gasteiger partial charge in [0.05, 0.1) is 11.1 Å². The van der Waals surface area contributed by atoms with Crippen molar-refractivity contribution in [1.29, 1.82) is 0 Å². The second-order valence-electron chi connectivity index (χ2n) is 5.52. The van der Waals surface area contributed by atoms with E-state index >= 15 is 0 Å². The first-order chi connectivity index (χ1) is 13.2. The standard InChI is InChI=1S/C17H9ClF6N4/c18-14-13(12-10(20)4-9(19)5-11(12)21)16(26-7-17(22,23)24)28-15(27-14)8-2-1-3-25-6-8/h1-6H,7H2,(H,26,27,28). The van der Waals surface area contributed by atoms with Crippen LogP contribution in [0.3, 0.4) is 0 Å². The number of hydrogen-bond acceptors (Lipinski definition) is 4. The fourth-order valence-electron chi connectivity index (χ4n) is 2.37. The van der Waals surface area contributed by atoms with E-state index in [1.54, 1.807) is 0 Å². The van der Waals surface area contributed by atoms with Crippen LogP contribution in [0.2, 0.25) is 5.15 Å². The van der Waals surface area contributed by atoms with E-state index in [-0.39, 0.29) is 5.82 Å². The van der Waals surface area contributed by atoms with Crippen molar-refractivity contribution in [3.63, 3.8) is 0 Å². The highest BCUT2D eigenvalue weighted by molar-refractivity contribution is 6.32. The summed E-state index contributed by atoms with van der Waals surface area (Å²) in [6, 6.07) is 3.79. The molecule has 0 atom stereocenters. The normalized spacial score (nSPS) is 11.5. The summed E-state index contributed by atoms with van der Waals surface area (Å²) in [6.45, 7) is -1.55. The Labute approximate surface area is 159 Å². The summed E-state index contributed by atoms with van der Waals surface area (Å²) in [7, 11) is 0. The number of anilines is 1. The first-order valence-corrected chi connectivity index (χ1v) is 7.97. The Bertz CT molecular complexity index is 988. The molecule has 0 aliphatic carbocycles. The van der Waals surface area contributed by atoms with Crippen molar-refractivity contribution in [2.75, 3.05) is 11.9 Å². The fourth-order valence-corrected chi connectivity index (χ4v) is 2.64. The Hall–Kier alpha value is -2.88. The monoisotopic (exact) mass is 418 g/mol. The summed E-state index contributed by atoms with van der Waals surface area (Å²) in [5.74, 6) is -4.62. The van der Waals surface area contributed by atoms with Crippen molar-refractivity contribution in [2.24, 2.45) is 0 Å². The summed E-state index contributed by atoms with van der Waals surface area (Å²) in [6.07, 6.45) is -1.87. The number of halogens is 7. The lowest BCUT2D eigenvalue weighted by molar-refractivity contribution is -0.115. The summed E-state index contributed by atoms with van der Waals surface area (Å²) in [4.78, 5) is 11.6. The summed E-state index contributed by atoms with van der Waals surface area (Å²) < 4.78 is 79.6. The van der Waals surface area contributed by atoms with Gasteiger partial charge in [0.15, 0.2) is 5.82 Å². The van der Waals surface area contributed by atoms with Crippen LogP contribution in [-0.2, 0) is 0 Å². The lowest BCUT2D eigenvalue weighted by Gasteiger charge is -2.16. The van der Waals surface area contributed by atoms with E-state index in [1.165, 1.54) is 24.5 Å². The molecule has 28 heavy (non-hydrogen) atoms. The van der Waals surface area contributed by atoms with Crippen LogP contribution >= 0.6 is 11.6 Å². The smallest absolute Gasteiger partial charge is 0.360 e. The van der Waals surface area contributed by atoms with Gasteiger partial charge in [0.2, 0.25) is 0 Å². The van der Waals surface area contributed by atoms with Crippen LogP contribution in [0.4, 0.5) is 32.2 Å². The number of alkyl halides is 3. The number of hydrogen-bond donors (Lipinski definition) is 1. The van der Waals surface area contributed by atoms with Crippen LogP contribution in [0.25, 0.3) is 22.5 Å². The van der Waals surface area contributed by atoms with Gasteiger partial charge in [-0.25, -0.2) is 23.1 Å².